The van der Waals surface area contributed by atoms with Crippen LogP contribution in [-0.2, 0) is 10.0 Å². The van der Waals surface area contributed by atoms with Crippen LogP contribution in [0.3, 0.4) is 0 Å². The van der Waals surface area contributed by atoms with Gasteiger partial charge in [0.1, 0.15) is 17.4 Å². The minimum atomic E-state index is -3.56. The Morgan fingerprint density at radius 1 is 1.35 bits per heavy atom. The normalized spacial score (nSPS) is 12.4. The van der Waals surface area contributed by atoms with Gasteiger partial charge in [0.2, 0.25) is 0 Å². The zero-order valence-corrected chi connectivity index (χ0v) is 10.4. The molecule has 0 saturated carbocycles. The Morgan fingerprint density at radius 3 is 2.71 bits per heavy atom. The highest BCUT2D eigenvalue weighted by Crippen LogP contribution is 2.20. The van der Waals surface area contributed by atoms with Crippen LogP contribution in [0, 0.1) is 0 Å². The summed E-state index contributed by atoms with van der Waals surface area (Å²) in [5.74, 6) is 0. The molecule has 0 radical (unpaired) electrons. The predicted octanol–water partition coefficient (Wildman–Crippen LogP) is 0.383. The Labute approximate surface area is 98.9 Å². The van der Waals surface area contributed by atoms with Crippen LogP contribution in [0.4, 0.5) is 0 Å². The largest absolute Gasteiger partial charge is 0.264 e. The SMILES string of the molecule is CCN(CC)S(=O)(=O)c1[nH]nc2cncnc12. The summed E-state index contributed by atoms with van der Waals surface area (Å²) in [6, 6.07) is 0. The van der Waals surface area contributed by atoms with E-state index < -0.39 is 10.0 Å². The van der Waals surface area contributed by atoms with Gasteiger partial charge in [-0.3, -0.25) is 5.10 Å². The molecule has 0 aliphatic carbocycles. The first kappa shape index (κ1) is 11.9. The molecule has 0 fully saturated rings. The molecule has 1 N–H and O–H groups in total. The summed E-state index contributed by atoms with van der Waals surface area (Å²) in [7, 11) is -3.56. The summed E-state index contributed by atoms with van der Waals surface area (Å²) in [6.45, 7) is 4.39. The Balaban J connectivity index is 2.60. The third-order valence-corrected chi connectivity index (χ3v) is 4.49. The van der Waals surface area contributed by atoms with E-state index in [2.05, 4.69) is 20.2 Å². The molecule has 2 aromatic heterocycles. The zero-order chi connectivity index (χ0) is 12.5. The maximum Gasteiger partial charge on any atom is 0.262 e. The highest BCUT2D eigenvalue weighted by atomic mass is 32.2. The summed E-state index contributed by atoms with van der Waals surface area (Å²) in [6.07, 6.45) is 2.78. The van der Waals surface area contributed by atoms with E-state index in [9.17, 15) is 8.42 Å². The maximum atomic E-state index is 12.3. The molecule has 8 heteroatoms. The molecule has 0 unspecified atom stereocenters. The molecule has 0 aliphatic heterocycles. The molecule has 17 heavy (non-hydrogen) atoms. The lowest BCUT2D eigenvalue weighted by Crippen LogP contribution is -2.31. The highest BCUT2D eigenvalue weighted by Gasteiger charge is 2.26. The fraction of sp³-hybridized carbons (Fsp3) is 0.444. The second kappa shape index (κ2) is 4.38. The Kier molecular flexibility index (Phi) is 3.07. The van der Waals surface area contributed by atoms with Gasteiger partial charge in [-0.1, -0.05) is 13.8 Å². The van der Waals surface area contributed by atoms with Crippen LogP contribution in [-0.4, -0.2) is 46.0 Å². The second-order valence-electron chi connectivity index (χ2n) is 3.40. The van der Waals surface area contributed by atoms with Crippen LogP contribution >= 0.6 is 0 Å². The van der Waals surface area contributed by atoms with Crippen molar-refractivity contribution in [1.82, 2.24) is 24.5 Å². The van der Waals surface area contributed by atoms with Crippen LogP contribution in [0.15, 0.2) is 17.6 Å². The number of hydrogen-bond acceptors (Lipinski definition) is 5. The number of aromatic nitrogens is 4. The van der Waals surface area contributed by atoms with Gasteiger partial charge in [-0.25, -0.2) is 18.4 Å². The van der Waals surface area contributed by atoms with Gasteiger partial charge in [0.15, 0.2) is 5.03 Å². The topological polar surface area (TPSA) is 91.8 Å². The van der Waals surface area contributed by atoms with Gasteiger partial charge >= 0.3 is 0 Å². The van der Waals surface area contributed by atoms with Crippen LogP contribution in [0.1, 0.15) is 13.8 Å². The minimum absolute atomic E-state index is 0.0265. The highest BCUT2D eigenvalue weighted by molar-refractivity contribution is 7.89. The molecule has 0 aliphatic rings. The molecule has 2 aromatic rings. The van der Waals surface area contributed by atoms with Crippen molar-refractivity contribution in [2.75, 3.05) is 13.1 Å². The lowest BCUT2D eigenvalue weighted by molar-refractivity contribution is 0.443. The first-order valence-corrected chi connectivity index (χ1v) is 6.69. The zero-order valence-electron chi connectivity index (χ0n) is 9.58. The third kappa shape index (κ3) is 1.89. The summed E-state index contributed by atoms with van der Waals surface area (Å²) in [4.78, 5) is 7.74. The fourth-order valence-electron chi connectivity index (χ4n) is 1.62. The molecule has 2 rings (SSSR count). The number of nitrogens with zero attached hydrogens (tertiary/aromatic N) is 4. The Morgan fingerprint density at radius 2 is 2.06 bits per heavy atom. The standard InChI is InChI=1S/C9H13N5O2S/c1-3-14(4-2)17(15,16)9-8-7(12-13-9)5-10-6-11-8/h5-6H,3-4H2,1-2H3,(H,12,13). The van der Waals surface area contributed by atoms with Crippen LogP contribution in [0.2, 0.25) is 0 Å². The average molecular weight is 255 g/mol. The van der Waals surface area contributed by atoms with Crippen molar-refractivity contribution in [3.05, 3.63) is 12.5 Å². The quantitative estimate of drug-likeness (QED) is 0.852. The first-order chi connectivity index (χ1) is 8.11. The Bertz CT molecular complexity index is 617. The number of hydrogen-bond donors (Lipinski definition) is 1. The summed E-state index contributed by atoms with van der Waals surface area (Å²) in [5.41, 5.74) is 0.769. The van der Waals surface area contributed by atoms with Crippen LogP contribution in [0.5, 0.6) is 0 Å². The summed E-state index contributed by atoms with van der Waals surface area (Å²) >= 11 is 0. The van der Waals surface area contributed by atoms with E-state index in [1.54, 1.807) is 13.8 Å². The molecule has 0 atom stereocenters. The van der Waals surface area contributed by atoms with Gasteiger partial charge in [0.05, 0.1) is 6.20 Å². The predicted molar refractivity (Wildman–Crippen MR) is 61.8 cm³/mol. The van der Waals surface area contributed by atoms with Gasteiger partial charge in [0, 0.05) is 13.1 Å². The van der Waals surface area contributed by atoms with E-state index >= 15 is 0 Å². The summed E-state index contributed by atoms with van der Waals surface area (Å²) in [5, 5.41) is 6.43. The Hall–Kier alpha value is -1.54. The van der Waals surface area contributed by atoms with E-state index in [0.717, 1.165) is 0 Å². The second-order valence-corrected chi connectivity index (χ2v) is 5.27. The van der Waals surface area contributed by atoms with E-state index in [1.165, 1.54) is 16.8 Å². The molecule has 0 aromatic carbocycles. The average Bonchev–Trinajstić information content (AvgIpc) is 2.74. The third-order valence-electron chi connectivity index (χ3n) is 2.49. The van der Waals surface area contributed by atoms with Crippen molar-refractivity contribution in [2.24, 2.45) is 0 Å². The van der Waals surface area contributed by atoms with E-state index in [-0.39, 0.29) is 5.03 Å². The lowest BCUT2D eigenvalue weighted by Gasteiger charge is -2.16. The number of H-pyrrole nitrogens is 1. The van der Waals surface area contributed by atoms with Gasteiger partial charge in [0.25, 0.3) is 10.0 Å². The van der Waals surface area contributed by atoms with E-state index in [1.807, 2.05) is 0 Å². The van der Waals surface area contributed by atoms with Gasteiger partial charge < -0.3 is 0 Å². The lowest BCUT2D eigenvalue weighted by atomic mass is 10.5. The van der Waals surface area contributed by atoms with Crippen LogP contribution in [0.25, 0.3) is 11.0 Å². The van der Waals surface area contributed by atoms with Crippen molar-refractivity contribution in [2.45, 2.75) is 18.9 Å². The van der Waals surface area contributed by atoms with Crippen molar-refractivity contribution >= 4 is 21.1 Å². The number of nitrogens with one attached hydrogen (secondary N) is 1. The first-order valence-electron chi connectivity index (χ1n) is 5.25. The number of rotatable bonds is 4. The molecule has 2 heterocycles. The molecule has 7 nitrogen and oxygen atoms in total. The van der Waals surface area contributed by atoms with Crippen molar-refractivity contribution in [3.8, 4) is 0 Å². The van der Waals surface area contributed by atoms with Crippen molar-refractivity contribution < 1.29 is 8.42 Å². The van der Waals surface area contributed by atoms with Crippen molar-refractivity contribution in [1.29, 1.82) is 0 Å². The molecular weight excluding hydrogens is 242 g/mol. The van der Waals surface area contributed by atoms with Gasteiger partial charge in [-0.05, 0) is 0 Å². The molecule has 0 saturated heterocycles. The van der Waals surface area contributed by atoms with Crippen molar-refractivity contribution in [3.63, 3.8) is 0 Å². The van der Waals surface area contributed by atoms with Crippen LogP contribution < -0.4 is 0 Å². The molecule has 0 spiro atoms. The molecule has 0 bridgehead atoms. The maximum absolute atomic E-state index is 12.3. The number of fused-ring (bicyclic) bond motifs is 1. The molecule has 0 amide bonds. The number of sulfonamides is 1. The number of aromatic amines is 1. The van der Waals surface area contributed by atoms with E-state index in [0.29, 0.717) is 24.1 Å². The molecular formula is C9H13N5O2S. The molecule has 92 valence electrons. The monoisotopic (exact) mass is 255 g/mol. The smallest absolute Gasteiger partial charge is 0.262 e. The minimum Gasteiger partial charge on any atom is -0.264 e. The van der Waals surface area contributed by atoms with Gasteiger partial charge in [-0.15, -0.1) is 0 Å². The van der Waals surface area contributed by atoms with Gasteiger partial charge in [-0.2, -0.15) is 9.40 Å². The van der Waals surface area contributed by atoms with E-state index in [4.69, 9.17) is 0 Å². The summed E-state index contributed by atoms with van der Waals surface area (Å²) < 4.78 is 25.9. The fourth-order valence-corrected chi connectivity index (χ4v) is 3.12.